The van der Waals surface area contributed by atoms with Crippen LogP contribution in [0.4, 0.5) is 5.69 Å². The highest BCUT2D eigenvalue weighted by Crippen LogP contribution is 2.27. The fourth-order valence-electron chi connectivity index (χ4n) is 3.11. The Morgan fingerprint density at radius 2 is 2.00 bits per heavy atom. The van der Waals surface area contributed by atoms with Crippen molar-refractivity contribution in [2.75, 3.05) is 5.32 Å². The van der Waals surface area contributed by atoms with Crippen LogP contribution < -0.4 is 5.32 Å². The van der Waals surface area contributed by atoms with E-state index >= 15 is 0 Å². The van der Waals surface area contributed by atoms with Gasteiger partial charge in [-0.3, -0.25) is 4.79 Å². The first kappa shape index (κ1) is 14.9. The molecule has 1 saturated carbocycles. The Hall–Kier alpha value is -2.62. The second-order valence-electron chi connectivity index (χ2n) is 6.52. The van der Waals surface area contributed by atoms with Crippen LogP contribution in [0.15, 0.2) is 48.5 Å². The summed E-state index contributed by atoms with van der Waals surface area (Å²) in [5.74, 6) is 1.37. The summed E-state index contributed by atoms with van der Waals surface area (Å²) in [5, 5.41) is 3.04. The molecule has 122 valence electrons. The van der Waals surface area contributed by atoms with E-state index in [1.807, 2.05) is 36.4 Å². The van der Waals surface area contributed by atoms with Crippen molar-refractivity contribution < 1.29 is 4.79 Å². The molecule has 0 saturated heterocycles. The van der Waals surface area contributed by atoms with E-state index in [0.717, 1.165) is 48.2 Å². The molecule has 0 aliphatic heterocycles. The largest absolute Gasteiger partial charge is 0.342 e. The predicted molar refractivity (Wildman–Crippen MR) is 95.9 cm³/mol. The van der Waals surface area contributed by atoms with Gasteiger partial charge in [-0.25, -0.2) is 4.98 Å². The molecule has 1 aromatic heterocycles. The highest BCUT2D eigenvalue weighted by molar-refractivity contribution is 5.93. The third-order valence-electron chi connectivity index (χ3n) is 4.76. The Bertz CT molecular complexity index is 831. The Kier molecular flexibility index (Phi) is 4.03. The number of aromatic nitrogens is 2. The molecule has 1 fully saturated rings. The number of anilines is 1. The molecule has 2 aromatic carbocycles. The van der Waals surface area contributed by atoms with Gasteiger partial charge in [0.1, 0.15) is 5.82 Å². The summed E-state index contributed by atoms with van der Waals surface area (Å²) in [4.78, 5) is 20.0. The third kappa shape index (κ3) is 3.18. The van der Waals surface area contributed by atoms with Crippen LogP contribution in [0.3, 0.4) is 0 Å². The molecule has 0 spiro atoms. The van der Waals surface area contributed by atoms with Gasteiger partial charge in [0.05, 0.1) is 11.0 Å². The Labute approximate surface area is 141 Å². The van der Waals surface area contributed by atoms with Gasteiger partial charge in [-0.05, 0) is 49.1 Å². The first-order valence-corrected chi connectivity index (χ1v) is 8.61. The van der Waals surface area contributed by atoms with Crippen LogP contribution in [-0.2, 0) is 17.6 Å². The van der Waals surface area contributed by atoms with Crippen LogP contribution in [0.25, 0.3) is 11.0 Å². The number of carbonyl (C=O) groups is 1. The molecular formula is C20H21N3O. The second-order valence-corrected chi connectivity index (χ2v) is 6.52. The highest BCUT2D eigenvalue weighted by Gasteiger charge is 2.25. The van der Waals surface area contributed by atoms with Crippen LogP contribution in [0.1, 0.15) is 30.7 Å². The first-order valence-electron chi connectivity index (χ1n) is 8.61. The van der Waals surface area contributed by atoms with E-state index in [9.17, 15) is 4.79 Å². The van der Waals surface area contributed by atoms with E-state index in [1.54, 1.807) is 0 Å². The molecule has 1 amide bonds. The zero-order chi connectivity index (χ0) is 16.4. The molecule has 3 aromatic rings. The van der Waals surface area contributed by atoms with Gasteiger partial charge in [0, 0.05) is 18.0 Å². The molecule has 4 rings (SSSR count). The lowest BCUT2D eigenvalue weighted by Gasteiger charge is -2.24. The van der Waals surface area contributed by atoms with Crippen molar-refractivity contribution in [2.45, 2.75) is 32.1 Å². The van der Waals surface area contributed by atoms with E-state index in [0.29, 0.717) is 0 Å². The normalized spacial score (nSPS) is 14.5. The maximum atomic E-state index is 12.1. The van der Waals surface area contributed by atoms with E-state index in [2.05, 4.69) is 27.4 Å². The quantitative estimate of drug-likeness (QED) is 0.744. The summed E-state index contributed by atoms with van der Waals surface area (Å²) in [7, 11) is 0. The lowest BCUT2D eigenvalue weighted by molar-refractivity contribution is -0.122. The van der Waals surface area contributed by atoms with Crippen LogP contribution in [-0.4, -0.2) is 15.9 Å². The summed E-state index contributed by atoms with van der Waals surface area (Å²) in [5.41, 5.74) is 4.19. The van der Waals surface area contributed by atoms with Gasteiger partial charge in [0.25, 0.3) is 0 Å². The van der Waals surface area contributed by atoms with Crippen molar-refractivity contribution in [3.05, 3.63) is 59.9 Å². The number of nitrogens with zero attached hydrogens (tertiary/aromatic N) is 1. The van der Waals surface area contributed by atoms with Gasteiger partial charge in [-0.2, -0.15) is 0 Å². The number of amides is 1. The van der Waals surface area contributed by atoms with E-state index < -0.39 is 0 Å². The maximum absolute atomic E-state index is 12.1. The number of fused-ring (bicyclic) bond motifs is 1. The predicted octanol–water partition coefficient (Wildman–Crippen LogP) is 4.09. The smallest absolute Gasteiger partial charge is 0.227 e. The standard InChI is InChI=1S/C20H21N3O/c24-20(15-6-4-7-15)21-16-8-3-5-14(13-16)11-12-19-22-17-9-1-2-10-18(17)23-19/h1-3,5,8-10,13,15H,4,6-7,11-12H2,(H,21,24)(H,22,23). The zero-order valence-electron chi connectivity index (χ0n) is 13.6. The zero-order valence-corrected chi connectivity index (χ0v) is 13.6. The van der Waals surface area contributed by atoms with Gasteiger partial charge in [-0.15, -0.1) is 0 Å². The summed E-state index contributed by atoms with van der Waals surface area (Å²) in [6.07, 6.45) is 4.98. The molecule has 0 unspecified atom stereocenters. The number of benzene rings is 2. The topological polar surface area (TPSA) is 57.8 Å². The van der Waals surface area contributed by atoms with Crippen molar-refractivity contribution in [1.29, 1.82) is 0 Å². The van der Waals surface area contributed by atoms with Gasteiger partial charge in [0.2, 0.25) is 5.91 Å². The van der Waals surface area contributed by atoms with Gasteiger partial charge >= 0.3 is 0 Å². The first-order chi connectivity index (χ1) is 11.8. The number of carbonyl (C=O) groups excluding carboxylic acids is 1. The van der Waals surface area contributed by atoms with Crippen molar-refractivity contribution in [3.8, 4) is 0 Å². The average Bonchev–Trinajstić information content (AvgIpc) is 2.94. The Morgan fingerprint density at radius 3 is 2.79 bits per heavy atom. The maximum Gasteiger partial charge on any atom is 0.227 e. The minimum Gasteiger partial charge on any atom is -0.342 e. The highest BCUT2D eigenvalue weighted by atomic mass is 16.1. The fourth-order valence-corrected chi connectivity index (χ4v) is 3.11. The number of hydrogen-bond donors (Lipinski definition) is 2. The lowest BCUT2D eigenvalue weighted by Crippen LogP contribution is -2.28. The number of H-pyrrole nitrogens is 1. The van der Waals surface area contributed by atoms with E-state index in [1.165, 1.54) is 12.0 Å². The summed E-state index contributed by atoms with van der Waals surface area (Å²) in [6.45, 7) is 0. The summed E-state index contributed by atoms with van der Waals surface area (Å²) >= 11 is 0. The van der Waals surface area contributed by atoms with Crippen molar-refractivity contribution in [3.63, 3.8) is 0 Å². The summed E-state index contributed by atoms with van der Waals surface area (Å²) in [6, 6.07) is 16.2. The minimum atomic E-state index is 0.163. The van der Waals surface area contributed by atoms with Crippen molar-refractivity contribution in [1.82, 2.24) is 9.97 Å². The van der Waals surface area contributed by atoms with Crippen molar-refractivity contribution >= 4 is 22.6 Å². The molecule has 2 N–H and O–H groups in total. The Morgan fingerprint density at radius 1 is 1.12 bits per heavy atom. The fraction of sp³-hybridized carbons (Fsp3) is 0.300. The number of hydrogen-bond acceptors (Lipinski definition) is 2. The van der Waals surface area contributed by atoms with Gasteiger partial charge in [-0.1, -0.05) is 30.7 Å². The SMILES string of the molecule is O=C(Nc1cccc(CCc2nc3ccccc3[nH]2)c1)C1CCC1. The molecule has 0 atom stereocenters. The number of rotatable bonds is 5. The lowest BCUT2D eigenvalue weighted by atomic mass is 9.85. The number of nitrogens with one attached hydrogen (secondary N) is 2. The van der Waals surface area contributed by atoms with Crippen LogP contribution in [0.2, 0.25) is 0 Å². The van der Waals surface area contributed by atoms with Crippen LogP contribution >= 0.6 is 0 Å². The monoisotopic (exact) mass is 319 g/mol. The van der Waals surface area contributed by atoms with Gasteiger partial charge in [0.15, 0.2) is 0 Å². The van der Waals surface area contributed by atoms with Gasteiger partial charge < -0.3 is 10.3 Å². The van der Waals surface area contributed by atoms with Crippen LogP contribution in [0.5, 0.6) is 0 Å². The molecule has 1 aliphatic carbocycles. The minimum absolute atomic E-state index is 0.163. The molecular weight excluding hydrogens is 298 g/mol. The number of aromatic amines is 1. The molecule has 4 heteroatoms. The summed E-state index contributed by atoms with van der Waals surface area (Å²) < 4.78 is 0. The molecule has 1 aliphatic rings. The molecule has 0 radical (unpaired) electrons. The third-order valence-corrected chi connectivity index (χ3v) is 4.76. The molecule has 0 bridgehead atoms. The van der Waals surface area contributed by atoms with E-state index in [4.69, 9.17) is 0 Å². The molecule has 24 heavy (non-hydrogen) atoms. The second kappa shape index (κ2) is 6.48. The van der Waals surface area contributed by atoms with Crippen LogP contribution in [0, 0.1) is 5.92 Å². The number of aryl methyl sites for hydroxylation is 2. The average molecular weight is 319 g/mol. The Balaban J connectivity index is 1.40. The molecule has 1 heterocycles. The number of imidazole rings is 1. The van der Waals surface area contributed by atoms with Crippen molar-refractivity contribution in [2.24, 2.45) is 5.92 Å². The number of para-hydroxylation sites is 2. The van der Waals surface area contributed by atoms with E-state index in [-0.39, 0.29) is 11.8 Å². The molecule has 4 nitrogen and oxygen atoms in total.